The lowest BCUT2D eigenvalue weighted by atomic mass is 10.1. The molecule has 3 rings (SSSR count). The molecule has 0 unspecified atom stereocenters. The molecule has 0 spiro atoms. The van der Waals surface area contributed by atoms with Gasteiger partial charge in [0.2, 0.25) is 0 Å². The van der Waals surface area contributed by atoms with E-state index in [2.05, 4.69) is 5.32 Å². The number of carbonyl (C=O) groups is 2. The molecule has 0 saturated heterocycles. The first-order valence-electron chi connectivity index (χ1n) is 8.60. The van der Waals surface area contributed by atoms with Crippen molar-refractivity contribution in [2.75, 3.05) is 13.2 Å². The monoisotopic (exact) mass is 399 g/mol. The van der Waals surface area contributed by atoms with E-state index in [1.165, 1.54) is 17.0 Å². The first-order chi connectivity index (χ1) is 13.6. The summed E-state index contributed by atoms with van der Waals surface area (Å²) in [6, 6.07) is 13.4. The van der Waals surface area contributed by atoms with Gasteiger partial charge in [0, 0.05) is 17.5 Å². The molecule has 144 valence electrons. The van der Waals surface area contributed by atoms with Crippen LogP contribution in [0, 0.1) is 5.82 Å². The zero-order valence-electron chi connectivity index (χ0n) is 14.9. The second kappa shape index (κ2) is 9.66. The molecule has 7 heteroatoms. The molecule has 1 N–H and O–H groups in total. The predicted molar refractivity (Wildman–Crippen MR) is 105 cm³/mol. The van der Waals surface area contributed by atoms with Crippen LogP contribution in [0.25, 0.3) is 17.4 Å². The number of carbonyl (C=O) groups excluding carboxylic acids is 2. The third-order valence-electron chi connectivity index (χ3n) is 3.77. The number of benzene rings is 1. The van der Waals surface area contributed by atoms with Crippen molar-refractivity contribution in [3.05, 3.63) is 76.4 Å². The Bertz CT molecular complexity index is 962. The Kier molecular flexibility index (Phi) is 6.75. The Hall–Kier alpha value is -3.19. The average molecular weight is 399 g/mol. The third-order valence-corrected chi connectivity index (χ3v) is 4.71. The van der Waals surface area contributed by atoms with Gasteiger partial charge in [-0.2, -0.15) is 0 Å². The molecule has 3 aromatic rings. The molecule has 2 aromatic heterocycles. The largest absolute Gasteiger partial charge is 0.457 e. The van der Waals surface area contributed by atoms with Gasteiger partial charge < -0.3 is 14.5 Å². The molecule has 28 heavy (non-hydrogen) atoms. The van der Waals surface area contributed by atoms with Crippen LogP contribution in [0.15, 0.2) is 64.4 Å². The number of hydrogen-bond acceptors (Lipinski definition) is 5. The van der Waals surface area contributed by atoms with Gasteiger partial charge in [-0.15, -0.1) is 11.3 Å². The zero-order valence-corrected chi connectivity index (χ0v) is 15.7. The number of hydrogen-bond donors (Lipinski definition) is 1. The SMILES string of the molecule is O=C(COC(=O)/C=C/c1ccc(-c2ccccc2F)o1)NCCc1cccs1. The van der Waals surface area contributed by atoms with E-state index in [0.717, 1.165) is 12.5 Å². The molecule has 0 aliphatic heterocycles. The Morgan fingerprint density at radius 1 is 1.14 bits per heavy atom. The summed E-state index contributed by atoms with van der Waals surface area (Å²) in [7, 11) is 0. The van der Waals surface area contributed by atoms with Gasteiger partial charge in [0.15, 0.2) is 6.61 Å². The lowest BCUT2D eigenvalue weighted by molar-refractivity contribution is -0.143. The van der Waals surface area contributed by atoms with Crippen molar-refractivity contribution >= 4 is 29.3 Å². The fourth-order valence-corrected chi connectivity index (χ4v) is 3.12. The van der Waals surface area contributed by atoms with Crippen LogP contribution in [0.5, 0.6) is 0 Å². The van der Waals surface area contributed by atoms with E-state index in [1.54, 1.807) is 41.7 Å². The highest BCUT2D eigenvalue weighted by Gasteiger charge is 2.09. The summed E-state index contributed by atoms with van der Waals surface area (Å²) in [6.45, 7) is 0.129. The van der Waals surface area contributed by atoms with E-state index in [1.807, 2.05) is 17.5 Å². The number of nitrogens with one attached hydrogen (secondary N) is 1. The fraction of sp³-hybridized carbons (Fsp3) is 0.143. The van der Waals surface area contributed by atoms with Crippen molar-refractivity contribution in [1.82, 2.24) is 5.32 Å². The van der Waals surface area contributed by atoms with E-state index >= 15 is 0 Å². The topological polar surface area (TPSA) is 68.5 Å². The summed E-state index contributed by atoms with van der Waals surface area (Å²) in [4.78, 5) is 24.6. The molecule has 0 radical (unpaired) electrons. The molecule has 0 aliphatic carbocycles. The van der Waals surface area contributed by atoms with Crippen LogP contribution in [0.1, 0.15) is 10.6 Å². The number of esters is 1. The summed E-state index contributed by atoms with van der Waals surface area (Å²) in [5.74, 6) is -0.695. The minimum Gasteiger partial charge on any atom is -0.457 e. The summed E-state index contributed by atoms with van der Waals surface area (Å²) in [6.07, 6.45) is 3.30. The van der Waals surface area contributed by atoms with E-state index in [0.29, 0.717) is 23.6 Å². The van der Waals surface area contributed by atoms with E-state index in [-0.39, 0.29) is 12.5 Å². The molecule has 0 fully saturated rings. The smallest absolute Gasteiger partial charge is 0.331 e. The lowest BCUT2D eigenvalue weighted by Crippen LogP contribution is -2.30. The van der Waals surface area contributed by atoms with Crippen molar-refractivity contribution in [3.8, 4) is 11.3 Å². The standard InChI is InChI=1S/C21H18FNO4S/c22-18-6-2-1-5-17(18)19-9-7-15(27-19)8-10-21(25)26-14-20(24)23-12-11-16-4-3-13-28-16/h1-10,13H,11-12,14H2,(H,23,24)/b10-8+. The number of rotatable bonds is 8. The van der Waals surface area contributed by atoms with Crippen molar-refractivity contribution in [1.29, 1.82) is 0 Å². The van der Waals surface area contributed by atoms with Gasteiger partial charge in [-0.1, -0.05) is 18.2 Å². The van der Waals surface area contributed by atoms with Crippen molar-refractivity contribution in [3.63, 3.8) is 0 Å². The molecule has 0 saturated carbocycles. The van der Waals surface area contributed by atoms with Crippen LogP contribution in [0.3, 0.4) is 0 Å². The van der Waals surface area contributed by atoms with Crippen molar-refractivity contribution in [2.24, 2.45) is 0 Å². The summed E-state index contributed by atoms with van der Waals surface area (Å²) in [5.41, 5.74) is 0.337. The number of ether oxygens (including phenoxy) is 1. The number of amides is 1. The highest BCUT2D eigenvalue weighted by molar-refractivity contribution is 7.09. The second-order valence-electron chi connectivity index (χ2n) is 5.80. The average Bonchev–Trinajstić information content (AvgIpc) is 3.37. The van der Waals surface area contributed by atoms with Crippen LogP contribution >= 0.6 is 11.3 Å². The maximum atomic E-state index is 13.8. The Balaban J connectivity index is 1.42. The van der Waals surface area contributed by atoms with Crippen LogP contribution < -0.4 is 5.32 Å². The second-order valence-corrected chi connectivity index (χ2v) is 6.83. The lowest BCUT2D eigenvalue weighted by Gasteiger charge is -2.04. The van der Waals surface area contributed by atoms with Gasteiger partial charge in [-0.25, -0.2) is 9.18 Å². The number of halogens is 1. The Morgan fingerprint density at radius 3 is 2.79 bits per heavy atom. The maximum absolute atomic E-state index is 13.8. The van der Waals surface area contributed by atoms with Crippen LogP contribution in [-0.4, -0.2) is 25.0 Å². The zero-order chi connectivity index (χ0) is 19.8. The minimum absolute atomic E-state index is 0.337. The predicted octanol–water partition coefficient (Wildman–Crippen LogP) is 4.06. The Labute approximate surface area is 165 Å². The highest BCUT2D eigenvalue weighted by atomic mass is 32.1. The summed E-state index contributed by atoms with van der Waals surface area (Å²) in [5, 5.41) is 4.67. The summed E-state index contributed by atoms with van der Waals surface area (Å²) >= 11 is 1.62. The quantitative estimate of drug-likeness (QED) is 0.458. The van der Waals surface area contributed by atoms with Gasteiger partial charge in [0.1, 0.15) is 17.3 Å². The van der Waals surface area contributed by atoms with Gasteiger partial charge in [0.25, 0.3) is 5.91 Å². The van der Waals surface area contributed by atoms with E-state index in [4.69, 9.17) is 9.15 Å². The first kappa shape index (κ1) is 19.6. The Morgan fingerprint density at radius 2 is 2.00 bits per heavy atom. The molecule has 5 nitrogen and oxygen atoms in total. The molecule has 0 atom stereocenters. The van der Waals surface area contributed by atoms with E-state index in [9.17, 15) is 14.0 Å². The van der Waals surface area contributed by atoms with E-state index < -0.39 is 11.8 Å². The molecule has 1 amide bonds. The number of thiophene rings is 1. The summed E-state index contributed by atoms with van der Waals surface area (Å²) < 4.78 is 24.1. The molecule has 2 heterocycles. The van der Waals surface area contributed by atoms with Crippen molar-refractivity contribution in [2.45, 2.75) is 6.42 Å². The normalized spacial score (nSPS) is 10.9. The van der Waals surface area contributed by atoms with Gasteiger partial charge in [0.05, 0.1) is 5.56 Å². The van der Waals surface area contributed by atoms with Crippen LogP contribution in [0.4, 0.5) is 4.39 Å². The van der Waals surface area contributed by atoms with Gasteiger partial charge >= 0.3 is 5.97 Å². The van der Waals surface area contributed by atoms with Crippen LogP contribution in [0.2, 0.25) is 0 Å². The van der Waals surface area contributed by atoms with Crippen molar-refractivity contribution < 1.29 is 23.1 Å². The molecular weight excluding hydrogens is 381 g/mol. The molecule has 0 aliphatic rings. The van der Waals surface area contributed by atoms with Crippen LogP contribution in [-0.2, 0) is 20.7 Å². The molecular formula is C21H18FNO4S. The van der Waals surface area contributed by atoms with Gasteiger partial charge in [-0.3, -0.25) is 4.79 Å². The maximum Gasteiger partial charge on any atom is 0.331 e. The minimum atomic E-state index is -0.669. The van der Waals surface area contributed by atoms with Gasteiger partial charge in [-0.05, 0) is 48.2 Å². The fourth-order valence-electron chi connectivity index (χ4n) is 2.41. The first-order valence-corrected chi connectivity index (χ1v) is 9.48. The number of furan rings is 1. The third kappa shape index (κ3) is 5.65. The molecule has 0 bridgehead atoms. The molecule has 1 aromatic carbocycles. The highest BCUT2D eigenvalue weighted by Crippen LogP contribution is 2.25.